The van der Waals surface area contributed by atoms with Gasteiger partial charge in [-0.2, -0.15) is 5.26 Å². The van der Waals surface area contributed by atoms with E-state index >= 15 is 0 Å². The molecule has 0 radical (unpaired) electrons. The van der Waals surface area contributed by atoms with E-state index in [1.165, 1.54) is 13.0 Å². The third-order valence-corrected chi connectivity index (χ3v) is 0.696. The second-order valence-corrected chi connectivity index (χ2v) is 1.26. The molecule has 0 aromatic heterocycles. The minimum absolute atomic E-state index is 0.00463. The van der Waals surface area contributed by atoms with Crippen LogP contribution in [-0.2, 0) is 0 Å². The lowest BCUT2D eigenvalue weighted by molar-refractivity contribution is 0.635. The van der Waals surface area contributed by atoms with Crippen LogP contribution in [0.2, 0.25) is 0 Å². The maximum Gasteiger partial charge on any atom is 0.115 e. The van der Waals surface area contributed by atoms with Crippen molar-refractivity contribution in [3.63, 3.8) is 0 Å². The van der Waals surface area contributed by atoms with Crippen molar-refractivity contribution >= 4 is 0 Å². The van der Waals surface area contributed by atoms with Gasteiger partial charge in [-0.25, -0.2) is 4.39 Å². The number of halogens is 1. The van der Waals surface area contributed by atoms with Crippen molar-refractivity contribution in [1.29, 1.82) is 5.26 Å². The van der Waals surface area contributed by atoms with Gasteiger partial charge in [-0.1, -0.05) is 6.58 Å². The van der Waals surface area contributed by atoms with Gasteiger partial charge in [0.1, 0.15) is 11.9 Å². The molecule has 0 aliphatic rings. The zero-order valence-corrected chi connectivity index (χ0v) is 4.61. The second kappa shape index (κ2) is 2.98. The first-order valence-corrected chi connectivity index (χ1v) is 2.11. The molecule has 1 nitrogen and oxygen atoms in total. The Morgan fingerprint density at radius 3 is 2.38 bits per heavy atom. The van der Waals surface area contributed by atoms with Crippen LogP contribution in [0.15, 0.2) is 24.1 Å². The Hall–Kier alpha value is -1.10. The van der Waals surface area contributed by atoms with Crippen molar-refractivity contribution < 1.29 is 4.39 Å². The van der Waals surface area contributed by atoms with Gasteiger partial charge < -0.3 is 0 Å². The van der Waals surface area contributed by atoms with E-state index in [0.29, 0.717) is 0 Å². The molecule has 0 N–H and O–H groups in total. The molecule has 8 heavy (non-hydrogen) atoms. The first kappa shape index (κ1) is 6.90. The summed E-state index contributed by atoms with van der Waals surface area (Å²) in [6.07, 6.45) is 1.19. The van der Waals surface area contributed by atoms with E-state index in [4.69, 9.17) is 5.26 Å². The van der Waals surface area contributed by atoms with E-state index in [1.807, 2.05) is 0 Å². The summed E-state index contributed by atoms with van der Waals surface area (Å²) in [6.45, 7) is 4.46. The summed E-state index contributed by atoms with van der Waals surface area (Å²) >= 11 is 0. The lowest BCUT2D eigenvalue weighted by atomic mass is 10.3. The molecule has 0 atom stereocenters. The fourth-order valence-electron chi connectivity index (χ4n) is 0.263. The largest absolute Gasteiger partial charge is 0.211 e. The smallest absolute Gasteiger partial charge is 0.115 e. The van der Waals surface area contributed by atoms with Crippen molar-refractivity contribution in [2.45, 2.75) is 6.92 Å². The SMILES string of the molecule is C=C/C(C#N)=C(\C)F. The summed E-state index contributed by atoms with van der Waals surface area (Å²) in [5.41, 5.74) is 0.00463. The number of nitriles is 1. The number of nitrogens with zero attached hydrogens (tertiary/aromatic N) is 1. The molecule has 0 spiro atoms. The van der Waals surface area contributed by atoms with Gasteiger partial charge in [0.05, 0.1) is 5.57 Å². The fraction of sp³-hybridized carbons (Fsp3) is 0.167. The highest BCUT2D eigenvalue weighted by atomic mass is 19.1. The molecule has 0 fully saturated rings. The van der Waals surface area contributed by atoms with Crippen LogP contribution in [0.4, 0.5) is 4.39 Å². The molecule has 0 aliphatic carbocycles. The Labute approximate surface area is 47.7 Å². The maximum atomic E-state index is 12.0. The van der Waals surface area contributed by atoms with E-state index in [2.05, 4.69) is 6.58 Å². The van der Waals surface area contributed by atoms with Crippen LogP contribution in [0.1, 0.15) is 6.92 Å². The normalized spacial score (nSPS) is 11.6. The summed E-state index contributed by atoms with van der Waals surface area (Å²) in [4.78, 5) is 0. The summed E-state index contributed by atoms with van der Waals surface area (Å²) in [7, 11) is 0. The first-order chi connectivity index (χ1) is 3.72. The highest BCUT2D eigenvalue weighted by Gasteiger charge is 1.91. The topological polar surface area (TPSA) is 23.8 Å². The van der Waals surface area contributed by atoms with E-state index in [9.17, 15) is 4.39 Å². The fourth-order valence-corrected chi connectivity index (χ4v) is 0.263. The highest BCUT2D eigenvalue weighted by molar-refractivity contribution is 5.32. The standard InChI is InChI=1S/C6H6FN/c1-3-6(4-8)5(2)7/h3H,1H2,2H3/b6-5-. The number of hydrogen-bond acceptors (Lipinski definition) is 1. The zero-order chi connectivity index (χ0) is 6.57. The molecule has 0 rings (SSSR count). The summed E-state index contributed by atoms with van der Waals surface area (Å²) in [6, 6.07) is 1.64. The Kier molecular flexibility index (Phi) is 2.57. The Balaban J connectivity index is 4.38. The first-order valence-electron chi connectivity index (χ1n) is 2.11. The molecule has 42 valence electrons. The van der Waals surface area contributed by atoms with E-state index in [1.54, 1.807) is 6.07 Å². The van der Waals surface area contributed by atoms with Crippen LogP contribution in [0.5, 0.6) is 0 Å². The monoisotopic (exact) mass is 111 g/mol. The third kappa shape index (κ3) is 1.57. The van der Waals surface area contributed by atoms with Gasteiger partial charge in [0.2, 0.25) is 0 Å². The molecule has 0 aromatic rings. The van der Waals surface area contributed by atoms with Crippen molar-refractivity contribution in [1.82, 2.24) is 0 Å². The average Bonchev–Trinajstić information content (AvgIpc) is 1.69. The van der Waals surface area contributed by atoms with Crippen LogP contribution in [0.25, 0.3) is 0 Å². The third-order valence-electron chi connectivity index (χ3n) is 0.696. The molecule has 0 bridgehead atoms. The van der Waals surface area contributed by atoms with Gasteiger partial charge in [-0.3, -0.25) is 0 Å². The number of hydrogen-bond donors (Lipinski definition) is 0. The quantitative estimate of drug-likeness (QED) is 0.374. The second-order valence-electron chi connectivity index (χ2n) is 1.26. The van der Waals surface area contributed by atoms with Crippen molar-refractivity contribution in [3.05, 3.63) is 24.1 Å². The summed E-state index contributed by atoms with van der Waals surface area (Å²) in [5, 5.41) is 8.08. The van der Waals surface area contributed by atoms with Crippen LogP contribution < -0.4 is 0 Å². The molecule has 0 heterocycles. The predicted molar refractivity (Wildman–Crippen MR) is 29.6 cm³/mol. The number of allylic oxidation sites excluding steroid dienone is 3. The molecular weight excluding hydrogens is 105 g/mol. The van der Waals surface area contributed by atoms with Gasteiger partial charge in [-0.15, -0.1) is 0 Å². The zero-order valence-electron chi connectivity index (χ0n) is 4.61. The van der Waals surface area contributed by atoms with Crippen LogP contribution >= 0.6 is 0 Å². The minimum atomic E-state index is -0.484. The number of rotatable bonds is 1. The predicted octanol–water partition coefficient (Wildman–Crippen LogP) is 1.94. The molecule has 0 saturated carbocycles. The van der Waals surface area contributed by atoms with Gasteiger partial charge in [0, 0.05) is 0 Å². The molecule has 0 aromatic carbocycles. The van der Waals surface area contributed by atoms with E-state index in [-0.39, 0.29) is 5.57 Å². The molecule has 0 saturated heterocycles. The molecular formula is C6H6FN. The van der Waals surface area contributed by atoms with Gasteiger partial charge >= 0.3 is 0 Å². The summed E-state index contributed by atoms with van der Waals surface area (Å²) < 4.78 is 12.0. The van der Waals surface area contributed by atoms with Crippen LogP contribution in [-0.4, -0.2) is 0 Å². The molecule has 0 amide bonds. The van der Waals surface area contributed by atoms with Crippen molar-refractivity contribution in [2.24, 2.45) is 0 Å². The van der Waals surface area contributed by atoms with Gasteiger partial charge in [0.25, 0.3) is 0 Å². The Bertz CT molecular complexity index is 158. The maximum absolute atomic E-state index is 12.0. The van der Waals surface area contributed by atoms with Crippen molar-refractivity contribution in [3.8, 4) is 6.07 Å². The average molecular weight is 111 g/mol. The Morgan fingerprint density at radius 2 is 2.38 bits per heavy atom. The lowest BCUT2D eigenvalue weighted by Crippen LogP contribution is -1.71. The minimum Gasteiger partial charge on any atom is -0.211 e. The van der Waals surface area contributed by atoms with Gasteiger partial charge in [-0.05, 0) is 13.0 Å². The highest BCUT2D eigenvalue weighted by Crippen LogP contribution is 2.03. The molecule has 2 heteroatoms. The lowest BCUT2D eigenvalue weighted by Gasteiger charge is -1.82. The Morgan fingerprint density at radius 1 is 1.88 bits per heavy atom. The van der Waals surface area contributed by atoms with Crippen molar-refractivity contribution in [2.75, 3.05) is 0 Å². The van der Waals surface area contributed by atoms with Crippen LogP contribution in [0, 0.1) is 11.3 Å². The van der Waals surface area contributed by atoms with E-state index in [0.717, 1.165) is 0 Å². The molecule has 0 unspecified atom stereocenters. The summed E-state index contributed by atoms with van der Waals surface area (Å²) in [5.74, 6) is -0.484. The van der Waals surface area contributed by atoms with Crippen LogP contribution in [0.3, 0.4) is 0 Å². The van der Waals surface area contributed by atoms with E-state index < -0.39 is 5.83 Å². The van der Waals surface area contributed by atoms with Gasteiger partial charge in [0.15, 0.2) is 0 Å². The molecule has 0 aliphatic heterocycles.